The second-order valence-corrected chi connectivity index (χ2v) is 3.99. The van der Waals surface area contributed by atoms with Crippen LogP contribution in [0.2, 0.25) is 5.02 Å². The van der Waals surface area contributed by atoms with E-state index in [-0.39, 0.29) is 0 Å². The Morgan fingerprint density at radius 2 is 2.21 bits per heavy atom. The average Bonchev–Trinajstić information content (AvgIpc) is 2.16. The molecule has 0 amide bonds. The Morgan fingerprint density at radius 3 is 2.79 bits per heavy atom. The maximum atomic E-state index is 8.71. The van der Waals surface area contributed by atoms with Crippen LogP contribution >= 0.6 is 11.6 Å². The molecule has 0 saturated heterocycles. The molecular weight excluding hydrogens is 196 g/mol. The van der Waals surface area contributed by atoms with Crippen LogP contribution in [0.4, 0.5) is 5.69 Å². The molecule has 0 spiro atoms. The van der Waals surface area contributed by atoms with E-state index < -0.39 is 0 Å². The van der Waals surface area contributed by atoms with Gasteiger partial charge in [0.2, 0.25) is 0 Å². The Hall–Kier alpha value is -1.20. The molecule has 0 atom stereocenters. The van der Waals surface area contributed by atoms with Crippen molar-refractivity contribution in [3.8, 4) is 6.07 Å². The van der Waals surface area contributed by atoms with Crippen molar-refractivity contribution < 1.29 is 0 Å². The minimum Gasteiger partial charge on any atom is -0.384 e. The fourth-order valence-electron chi connectivity index (χ4n) is 1.04. The van der Waals surface area contributed by atoms with Gasteiger partial charge in [0.05, 0.1) is 22.3 Å². The zero-order valence-electron chi connectivity index (χ0n) is 8.34. The van der Waals surface area contributed by atoms with Crippen molar-refractivity contribution in [1.82, 2.24) is 0 Å². The lowest BCUT2D eigenvalue weighted by Crippen LogP contribution is -2.08. The summed E-state index contributed by atoms with van der Waals surface area (Å²) in [5, 5.41) is 12.6. The summed E-state index contributed by atoms with van der Waals surface area (Å²) in [6.45, 7) is 5.10. The third-order valence-electron chi connectivity index (χ3n) is 1.80. The predicted octanol–water partition coefficient (Wildman–Crippen LogP) is 3.28. The molecule has 1 aromatic rings. The highest BCUT2D eigenvalue weighted by molar-refractivity contribution is 6.33. The van der Waals surface area contributed by atoms with Crippen LogP contribution in [0, 0.1) is 17.2 Å². The summed E-state index contributed by atoms with van der Waals surface area (Å²) < 4.78 is 0. The summed E-state index contributed by atoms with van der Waals surface area (Å²) in [6, 6.07) is 7.30. The van der Waals surface area contributed by atoms with Gasteiger partial charge in [0, 0.05) is 6.54 Å². The van der Waals surface area contributed by atoms with Crippen molar-refractivity contribution in [2.75, 3.05) is 11.9 Å². The van der Waals surface area contributed by atoms with Gasteiger partial charge in [0.1, 0.15) is 0 Å². The number of anilines is 1. The Balaban J connectivity index is 2.80. The first-order valence-corrected chi connectivity index (χ1v) is 4.95. The number of nitrogens with zero attached hydrogens (tertiary/aromatic N) is 1. The number of halogens is 1. The van der Waals surface area contributed by atoms with Crippen molar-refractivity contribution in [3.05, 3.63) is 28.8 Å². The van der Waals surface area contributed by atoms with Gasteiger partial charge in [-0.05, 0) is 24.1 Å². The fourth-order valence-corrected chi connectivity index (χ4v) is 1.23. The Morgan fingerprint density at radius 1 is 1.50 bits per heavy atom. The van der Waals surface area contributed by atoms with E-state index in [2.05, 4.69) is 25.2 Å². The van der Waals surface area contributed by atoms with Crippen LogP contribution in [-0.4, -0.2) is 6.54 Å². The Kier molecular flexibility index (Phi) is 3.79. The van der Waals surface area contributed by atoms with Gasteiger partial charge >= 0.3 is 0 Å². The standard InChI is InChI=1S/C11H13ClN2/c1-8(2)7-14-11-5-9(6-13)3-4-10(11)12/h3-5,8,14H,7H2,1-2H3. The van der Waals surface area contributed by atoms with E-state index in [0.29, 0.717) is 16.5 Å². The number of nitriles is 1. The van der Waals surface area contributed by atoms with Crippen molar-refractivity contribution >= 4 is 17.3 Å². The highest BCUT2D eigenvalue weighted by Crippen LogP contribution is 2.22. The van der Waals surface area contributed by atoms with E-state index in [1.165, 1.54) is 0 Å². The molecule has 0 aliphatic rings. The third kappa shape index (κ3) is 2.93. The van der Waals surface area contributed by atoms with Gasteiger partial charge in [-0.3, -0.25) is 0 Å². The van der Waals surface area contributed by atoms with Gasteiger partial charge in [-0.2, -0.15) is 5.26 Å². The number of hydrogen-bond acceptors (Lipinski definition) is 2. The molecule has 1 rings (SSSR count). The first-order valence-electron chi connectivity index (χ1n) is 4.57. The molecule has 0 aliphatic carbocycles. The molecule has 0 radical (unpaired) electrons. The minimum absolute atomic E-state index is 0.553. The van der Waals surface area contributed by atoms with Crippen LogP contribution < -0.4 is 5.32 Å². The van der Waals surface area contributed by atoms with E-state index in [4.69, 9.17) is 16.9 Å². The molecule has 0 fully saturated rings. The molecule has 1 N–H and O–H groups in total. The normalized spacial score (nSPS) is 9.93. The molecule has 74 valence electrons. The molecule has 0 heterocycles. The second kappa shape index (κ2) is 4.88. The largest absolute Gasteiger partial charge is 0.384 e. The lowest BCUT2D eigenvalue weighted by atomic mass is 10.2. The molecule has 0 aromatic heterocycles. The summed E-state index contributed by atoms with van der Waals surface area (Å²) in [5.41, 5.74) is 1.46. The number of rotatable bonds is 3. The molecule has 1 aromatic carbocycles. The summed E-state index contributed by atoms with van der Waals surface area (Å²) in [6.07, 6.45) is 0. The van der Waals surface area contributed by atoms with Gasteiger partial charge in [-0.1, -0.05) is 25.4 Å². The van der Waals surface area contributed by atoms with E-state index in [9.17, 15) is 0 Å². The zero-order chi connectivity index (χ0) is 10.6. The summed E-state index contributed by atoms with van der Waals surface area (Å²) in [7, 11) is 0. The predicted molar refractivity (Wildman–Crippen MR) is 59.5 cm³/mol. The minimum atomic E-state index is 0.553. The smallest absolute Gasteiger partial charge is 0.0992 e. The molecule has 0 saturated carbocycles. The van der Waals surface area contributed by atoms with Crippen LogP contribution in [0.5, 0.6) is 0 Å². The number of hydrogen-bond donors (Lipinski definition) is 1. The van der Waals surface area contributed by atoms with Crippen LogP contribution in [-0.2, 0) is 0 Å². The molecule has 14 heavy (non-hydrogen) atoms. The van der Waals surface area contributed by atoms with E-state index in [1.54, 1.807) is 18.2 Å². The quantitative estimate of drug-likeness (QED) is 0.828. The summed E-state index contributed by atoms with van der Waals surface area (Å²) >= 11 is 5.96. The van der Waals surface area contributed by atoms with Crippen LogP contribution in [0.15, 0.2) is 18.2 Å². The molecule has 0 unspecified atom stereocenters. The average molecular weight is 209 g/mol. The van der Waals surface area contributed by atoms with Gasteiger partial charge in [-0.25, -0.2) is 0 Å². The van der Waals surface area contributed by atoms with Gasteiger partial charge in [-0.15, -0.1) is 0 Å². The molecule has 0 aliphatic heterocycles. The molecule has 3 heteroatoms. The lowest BCUT2D eigenvalue weighted by molar-refractivity contribution is 0.689. The van der Waals surface area contributed by atoms with Gasteiger partial charge in [0.25, 0.3) is 0 Å². The summed E-state index contributed by atoms with van der Waals surface area (Å²) in [4.78, 5) is 0. The SMILES string of the molecule is CC(C)CNc1cc(C#N)ccc1Cl. The third-order valence-corrected chi connectivity index (χ3v) is 2.13. The molecule has 0 bridgehead atoms. The van der Waals surface area contributed by atoms with E-state index in [1.807, 2.05) is 0 Å². The van der Waals surface area contributed by atoms with Crippen LogP contribution in [0.25, 0.3) is 0 Å². The highest BCUT2D eigenvalue weighted by atomic mass is 35.5. The van der Waals surface area contributed by atoms with Crippen LogP contribution in [0.3, 0.4) is 0 Å². The number of benzene rings is 1. The van der Waals surface area contributed by atoms with E-state index in [0.717, 1.165) is 12.2 Å². The highest BCUT2D eigenvalue weighted by Gasteiger charge is 2.01. The van der Waals surface area contributed by atoms with Crippen molar-refractivity contribution in [2.24, 2.45) is 5.92 Å². The maximum absolute atomic E-state index is 8.71. The van der Waals surface area contributed by atoms with Gasteiger partial charge < -0.3 is 5.32 Å². The lowest BCUT2D eigenvalue weighted by Gasteiger charge is -2.10. The van der Waals surface area contributed by atoms with Crippen molar-refractivity contribution in [2.45, 2.75) is 13.8 Å². The zero-order valence-corrected chi connectivity index (χ0v) is 9.10. The Labute approximate surface area is 89.5 Å². The van der Waals surface area contributed by atoms with Crippen molar-refractivity contribution in [3.63, 3.8) is 0 Å². The van der Waals surface area contributed by atoms with Crippen molar-refractivity contribution in [1.29, 1.82) is 5.26 Å². The maximum Gasteiger partial charge on any atom is 0.0992 e. The summed E-state index contributed by atoms with van der Waals surface area (Å²) in [5.74, 6) is 0.553. The van der Waals surface area contributed by atoms with E-state index >= 15 is 0 Å². The monoisotopic (exact) mass is 208 g/mol. The topological polar surface area (TPSA) is 35.8 Å². The fraction of sp³-hybridized carbons (Fsp3) is 0.364. The second-order valence-electron chi connectivity index (χ2n) is 3.58. The first kappa shape index (κ1) is 10.9. The Bertz CT molecular complexity index is 353. The number of nitrogens with one attached hydrogen (secondary N) is 1. The van der Waals surface area contributed by atoms with Gasteiger partial charge in [0.15, 0.2) is 0 Å². The van der Waals surface area contributed by atoms with Crippen LogP contribution in [0.1, 0.15) is 19.4 Å². The molecule has 2 nitrogen and oxygen atoms in total. The first-order chi connectivity index (χ1) is 6.63. The molecular formula is C11H13ClN2.